The van der Waals surface area contributed by atoms with E-state index in [0.29, 0.717) is 64.0 Å². The van der Waals surface area contributed by atoms with Gasteiger partial charge in [0.1, 0.15) is 52.8 Å². The summed E-state index contributed by atoms with van der Waals surface area (Å²) in [6.07, 6.45) is 0. The molecular weight excluding hydrogens is 971 g/mol. The van der Waals surface area contributed by atoms with E-state index in [-0.39, 0.29) is 95.4 Å². The van der Waals surface area contributed by atoms with Crippen LogP contribution in [-0.2, 0) is 44.7 Å². The summed E-state index contributed by atoms with van der Waals surface area (Å²) >= 11 is 0. The highest BCUT2D eigenvalue weighted by Gasteiger charge is 2.82. The smallest absolute Gasteiger partial charge is 0.380 e. The van der Waals surface area contributed by atoms with Crippen LogP contribution in [0, 0.1) is 0 Å². The van der Waals surface area contributed by atoms with E-state index in [4.69, 9.17) is 46.7 Å². The van der Waals surface area contributed by atoms with E-state index in [1.54, 1.807) is 24.3 Å². The van der Waals surface area contributed by atoms with Crippen molar-refractivity contribution in [1.29, 1.82) is 0 Å². The van der Waals surface area contributed by atoms with Gasteiger partial charge in [-0.1, -0.05) is 90.1 Å². The number of fused-ring (bicyclic) bond motifs is 8. The van der Waals surface area contributed by atoms with E-state index in [2.05, 4.69) is 0 Å². The first-order valence-electron chi connectivity index (χ1n) is 25.2. The fourth-order valence-electron chi connectivity index (χ4n) is 9.59. The second-order valence-electron chi connectivity index (χ2n) is 20.3. The summed E-state index contributed by atoms with van der Waals surface area (Å²) in [6.45, 7) is 20.6. The van der Waals surface area contributed by atoms with Crippen molar-refractivity contribution < 1.29 is 73.1 Å². The summed E-state index contributed by atoms with van der Waals surface area (Å²) in [5.74, 6) is -16.9. The zero-order chi connectivity index (χ0) is 53.1. The Morgan fingerprint density at radius 2 is 0.743 bits per heavy atom. The maximum absolute atomic E-state index is 17.2. The standard InChI is InChI=1S/C58H66F6O10/c1-9-65-23-25-67-27-29-69-31-33-71-41-19-21-43-45(35-41)73-51-47(43)49-50(57(61,62)58(63,64)56(49,59)60)48-44-22-20-42(72-34-32-70-30-28-68-26-24-66-10-2)36-46(44)74-52(48)55(51,39-15-11-37(12-16-39)53(3,4)5)40-17-13-38(14-18-40)54(6,7)8/h11-22,35-36H,9-10,23-34H2,1-8H3. The Balaban J connectivity index is 1.31. The van der Waals surface area contributed by atoms with Crippen LogP contribution in [-0.4, -0.2) is 110 Å². The monoisotopic (exact) mass is 1040 g/mol. The van der Waals surface area contributed by atoms with E-state index in [9.17, 15) is 0 Å². The first-order valence-corrected chi connectivity index (χ1v) is 25.2. The first kappa shape index (κ1) is 54.9. The quantitative estimate of drug-likeness (QED) is 0.0430. The van der Waals surface area contributed by atoms with Crippen LogP contribution in [0.5, 0.6) is 11.5 Å². The predicted molar refractivity (Wildman–Crippen MR) is 271 cm³/mol. The Morgan fingerprint density at radius 1 is 0.419 bits per heavy atom. The average molecular weight is 1040 g/mol. The molecule has 16 heteroatoms. The van der Waals surface area contributed by atoms with Gasteiger partial charge >= 0.3 is 17.8 Å². The second-order valence-corrected chi connectivity index (χ2v) is 20.3. The number of furan rings is 2. The zero-order valence-electron chi connectivity index (χ0n) is 43.3. The number of alkyl halides is 6. The van der Waals surface area contributed by atoms with Crippen molar-refractivity contribution in [3.8, 4) is 11.5 Å². The maximum atomic E-state index is 17.2. The number of rotatable bonds is 24. The average Bonchev–Trinajstić information content (AvgIpc) is 3.92. The molecule has 0 bridgehead atoms. The summed E-state index contributed by atoms with van der Waals surface area (Å²) in [6, 6.07) is 23.1. The molecule has 0 atom stereocenters. The molecule has 10 nitrogen and oxygen atoms in total. The minimum atomic E-state index is -5.89. The molecule has 0 saturated heterocycles. The van der Waals surface area contributed by atoms with Gasteiger partial charge < -0.3 is 46.7 Å². The molecule has 2 aliphatic rings. The maximum Gasteiger partial charge on any atom is 0.380 e. The molecular formula is C58H66F6O10. The molecule has 400 valence electrons. The fraction of sp³-hybridized carbons (Fsp3) is 0.483. The molecule has 8 rings (SSSR count). The van der Waals surface area contributed by atoms with Gasteiger partial charge in [0.15, 0.2) is 0 Å². The SMILES string of the molecule is CCOCCOCCOCCOc1ccc2c3c(oc2c1)C(c1ccc(C(C)(C)C)cc1)(c1ccc(C(C)(C)C)cc1)c1oc2cc(OCCOCCOCCOCC)ccc2c1C1=C3C(F)(F)C(F)(F)C1(F)F. The number of ether oxygens (including phenoxy) is 8. The largest absolute Gasteiger partial charge is 0.491 e. The van der Waals surface area contributed by atoms with Crippen LogP contribution >= 0.6 is 0 Å². The van der Waals surface area contributed by atoms with Crippen molar-refractivity contribution in [2.75, 3.05) is 92.5 Å². The van der Waals surface area contributed by atoms with E-state index in [1.807, 2.05) is 79.7 Å². The van der Waals surface area contributed by atoms with Gasteiger partial charge in [-0.2, -0.15) is 26.3 Å². The van der Waals surface area contributed by atoms with Crippen molar-refractivity contribution in [1.82, 2.24) is 0 Å². The lowest BCUT2D eigenvalue weighted by Crippen LogP contribution is -2.49. The molecule has 0 radical (unpaired) electrons. The van der Waals surface area contributed by atoms with Crippen molar-refractivity contribution in [3.05, 3.63) is 130 Å². The van der Waals surface area contributed by atoms with Crippen LogP contribution in [0.3, 0.4) is 0 Å². The van der Waals surface area contributed by atoms with Crippen LogP contribution in [0.4, 0.5) is 26.3 Å². The lowest BCUT2D eigenvalue weighted by molar-refractivity contribution is -0.254. The van der Waals surface area contributed by atoms with E-state index >= 15 is 26.3 Å². The molecule has 0 fully saturated rings. The Hall–Kier alpha value is -5.36. The lowest BCUT2D eigenvalue weighted by Gasteiger charge is -2.35. The molecule has 2 aliphatic carbocycles. The minimum Gasteiger partial charge on any atom is -0.491 e. The molecule has 2 heterocycles. The lowest BCUT2D eigenvalue weighted by atomic mass is 9.67. The Kier molecular flexibility index (Phi) is 16.4. The van der Waals surface area contributed by atoms with Gasteiger partial charge in [-0.15, -0.1) is 0 Å². The van der Waals surface area contributed by atoms with Gasteiger partial charge in [0.2, 0.25) is 0 Å². The van der Waals surface area contributed by atoms with Crippen molar-refractivity contribution in [3.63, 3.8) is 0 Å². The van der Waals surface area contributed by atoms with Gasteiger partial charge in [0.25, 0.3) is 0 Å². The summed E-state index contributed by atoms with van der Waals surface area (Å²) in [5, 5.41) is -0.222. The van der Waals surface area contributed by atoms with Crippen molar-refractivity contribution in [2.24, 2.45) is 0 Å². The molecule has 74 heavy (non-hydrogen) atoms. The van der Waals surface area contributed by atoms with Gasteiger partial charge in [-0.05, 0) is 71.2 Å². The van der Waals surface area contributed by atoms with Gasteiger partial charge in [0, 0.05) is 58.4 Å². The van der Waals surface area contributed by atoms with E-state index < -0.39 is 45.5 Å². The van der Waals surface area contributed by atoms with Gasteiger partial charge in [-0.3, -0.25) is 0 Å². The number of hydrogen-bond acceptors (Lipinski definition) is 10. The summed E-state index contributed by atoms with van der Waals surface area (Å²) < 4.78 is 160. The highest BCUT2D eigenvalue weighted by atomic mass is 19.3. The summed E-state index contributed by atoms with van der Waals surface area (Å²) in [5.41, 5.74) is -4.61. The second kappa shape index (κ2) is 22.1. The third-order valence-electron chi connectivity index (χ3n) is 13.4. The minimum absolute atomic E-state index is 0.0618. The Labute approximate surface area is 428 Å². The van der Waals surface area contributed by atoms with Crippen LogP contribution < -0.4 is 9.47 Å². The molecule has 4 aromatic carbocycles. The molecule has 0 aliphatic heterocycles. The van der Waals surface area contributed by atoms with Crippen LogP contribution in [0.2, 0.25) is 0 Å². The van der Waals surface area contributed by atoms with Crippen LogP contribution in [0.15, 0.2) is 93.8 Å². The third-order valence-corrected chi connectivity index (χ3v) is 13.4. The molecule has 0 saturated carbocycles. The molecule has 0 unspecified atom stereocenters. The molecule has 0 amide bonds. The zero-order valence-corrected chi connectivity index (χ0v) is 43.3. The van der Waals surface area contributed by atoms with Gasteiger partial charge in [-0.25, -0.2) is 0 Å². The van der Waals surface area contributed by atoms with Crippen molar-refractivity contribution >= 4 is 33.1 Å². The molecule has 0 N–H and O–H groups in total. The highest BCUT2D eigenvalue weighted by molar-refractivity contribution is 6.14. The number of benzene rings is 4. The summed E-state index contributed by atoms with van der Waals surface area (Å²) in [4.78, 5) is 0. The van der Waals surface area contributed by atoms with E-state index in [1.165, 1.54) is 36.4 Å². The summed E-state index contributed by atoms with van der Waals surface area (Å²) in [7, 11) is 0. The topological polar surface area (TPSA) is 100 Å². The first-order chi connectivity index (χ1) is 35.2. The Morgan fingerprint density at radius 3 is 1.07 bits per heavy atom. The highest BCUT2D eigenvalue weighted by Crippen LogP contribution is 2.70. The number of hydrogen-bond donors (Lipinski definition) is 0. The van der Waals surface area contributed by atoms with Crippen LogP contribution in [0.1, 0.15) is 100 Å². The predicted octanol–water partition coefficient (Wildman–Crippen LogP) is 13.2. The normalized spacial score (nSPS) is 16.6. The Bertz CT molecular complexity index is 2700. The molecule has 2 aromatic heterocycles. The van der Waals surface area contributed by atoms with Crippen LogP contribution in [0.25, 0.3) is 33.1 Å². The van der Waals surface area contributed by atoms with Gasteiger partial charge in [0.05, 0.1) is 66.1 Å². The number of halogens is 6. The van der Waals surface area contributed by atoms with Crippen molar-refractivity contribution in [2.45, 2.75) is 89.4 Å². The molecule has 0 spiro atoms. The fourth-order valence-corrected chi connectivity index (χ4v) is 9.59. The molecule has 6 aromatic rings. The number of allylic oxidation sites excluding steroid dienone is 2. The third kappa shape index (κ3) is 10.3. The van der Waals surface area contributed by atoms with E-state index in [0.717, 1.165) is 11.1 Å².